The van der Waals surface area contributed by atoms with Crippen LogP contribution >= 0.6 is 11.6 Å². The molecule has 4 nitrogen and oxygen atoms in total. The van der Waals surface area contributed by atoms with Crippen molar-refractivity contribution in [3.05, 3.63) is 16.9 Å². The summed E-state index contributed by atoms with van der Waals surface area (Å²) >= 11 is 6.23. The van der Waals surface area contributed by atoms with Crippen LogP contribution in [-0.4, -0.2) is 47.9 Å². The lowest BCUT2D eigenvalue weighted by molar-refractivity contribution is 0.368. The highest BCUT2D eigenvalue weighted by Crippen LogP contribution is 2.17. The van der Waals surface area contributed by atoms with Crippen LogP contribution < -0.4 is 5.32 Å². The Balaban J connectivity index is 2.49. The summed E-state index contributed by atoms with van der Waals surface area (Å²) in [6, 6.07) is 0.521. The standard InChI is InChI=1S/C14H27ClN4/c1-5-8-16-12(2)6-7-14-13(15)11-17-19(14)10-9-18(3)4/h11-12,16H,5-10H2,1-4H3. The minimum absolute atomic E-state index is 0.521. The van der Waals surface area contributed by atoms with Crippen LogP contribution in [0.4, 0.5) is 0 Å². The van der Waals surface area contributed by atoms with Gasteiger partial charge in [0.15, 0.2) is 0 Å². The van der Waals surface area contributed by atoms with Gasteiger partial charge in [-0.05, 0) is 46.8 Å². The van der Waals surface area contributed by atoms with Gasteiger partial charge >= 0.3 is 0 Å². The molecular formula is C14H27ClN4. The van der Waals surface area contributed by atoms with Gasteiger partial charge in [0.05, 0.1) is 23.5 Å². The van der Waals surface area contributed by atoms with E-state index in [-0.39, 0.29) is 0 Å². The first kappa shape index (κ1) is 16.5. The van der Waals surface area contributed by atoms with E-state index in [1.807, 2.05) is 4.68 Å². The molecule has 0 spiro atoms. The average molecular weight is 287 g/mol. The predicted molar refractivity (Wildman–Crippen MR) is 81.9 cm³/mol. The van der Waals surface area contributed by atoms with E-state index in [1.165, 1.54) is 6.42 Å². The second kappa shape index (κ2) is 8.56. The average Bonchev–Trinajstić information content (AvgIpc) is 2.72. The van der Waals surface area contributed by atoms with E-state index in [1.54, 1.807) is 6.20 Å². The molecule has 0 saturated carbocycles. The van der Waals surface area contributed by atoms with Crippen LogP contribution in [0.1, 0.15) is 32.4 Å². The molecular weight excluding hydrogens is 260 g/mol. The summed E-state index contributed by atoms with van der Waals surface area (Å²) in [4.78, 5) is 2.16. The lowest BCUT2D eigenvalue weighted by Gasteiger charge is -2.15. The summed E-state index contributed by atoms with van der Waals surface area (Å²) in [6.07, 6.45) is 5.00. The van der Waals surface area contributed by atoms with Crippen molar-refractivity contribution in [2.75, 3.05) is 27.2 Å². The quantitative estimate of drug-likeness (QED) is 0.757. The van der Waals surface area contributed by atoms with E-state index in [9.17, 15) is 0 Å². The van der Waals surface area contributed by atoms with Crippen molar-refractivity contribution >= 4 is 11.6 Å². The van der Waals surface area contributed by atoms with Crippen LogP contribution in [0.25, 0.3) is 0 Å². The number of nitrogens with one attached hydrogen (secondary N) is 1. The van der Waals surface area contributed by atoms with Gasteiger partial charge in [0.1, 0.15) is 0 Å². The van der Waals surface area contributed by atoms with Gasteiger partial charge < -0.3 is 10.2 Å². The fourth-order valence-corrected chi connectivity index (χ4v) is 2.21. The molecule has 0 aliphatic carbocycles. The van der Waals surface area contributed by atoms with E-state index < -0.39 is 0 Å². The first-order valence-corrected chi connectivity index (χ1v) is 7.50. The van der Waals surface area contributed by atoms with Gasteiger partial charge in [-0.2, -0.15) is 5.10 Å². The SMILES string of the molecule is CCCNC(C)CCc1c(Cl)cnn1CCN(C)C. The zero-order chi connectivity index (χ0) is 14.3. The normalized spacial score (nSPS) is 13.2. The molecule has 1 unspecified atom stereocenters. The highest BCUT2D eigenvalue weighted by atomic mass is 35.5. The number of hydrogen-bond acceptors (Lipinski definition) is 3. The van der Waals surface area contributed by atoms with Crippen molar-refractivity contribution in [2.24, 2.45) is 0 Å². The minimum Gasteiger partial charge on any atom is -0.314 e. The minimum atomic E-state index is 0.521. The third-order valence-corrected chi connectivity index (χ3v) is 3.53. The summed E-state index contributed by atoms with van der Waals surface area (Å²) in [7, 11) is 4.14. The maximum absolute atomic E-state index is 6.23. The Kier molecular flexibility index (Phi) is 7.42. The van der Waals surface area contributed by atoms with Crippen molar-refractivity contribution in [2.45, 2.75) is 45.7 Å². The maximum atomic E-state index is 6.23. The Labute approximate surface area is 122 Å². The maximum Gasteiger partial charge on any atom is 0.0817 e. The lowest BCUT2D eigenvalue weighted by Crippen LogP contribution is -2.27. The van der Waals surface area contributed by atoms with Crippen molar-refractivity contribution < 1.29 is 0 Å². The molecule has 0 saturated heterocycles. The van der Waals surface area contributed by atoms with Crippen LogP contribution in [0.5, 0.6) is 0 Å². The fourth-order valence-electron chi connectivity index (χ4n) is 1.97. The van der Waals surface area contributed by atoms with E-state index >= 15 is 0 Å². The molecule has 1 aromatic heterocycles. The molecule has 5 heteroatoms. The smallest absolute Gasteiger partial charge is 0.0817 e. The van der Waals surface area contributed by atoms with Crippen LogP contribution in [0.15, 0.2) is 6.20 Å². The van der Waals surface area contributed by atoms with Crippen LogP contribution in [0.2, 0.25) is 5.02 Å². The van der Waals surface area contributed by atoms with Gasteiger partial charge in [0.2, 0.25) is 0 Å². The topological polar surface area (TPSA) is 33.1 Å². The third-order valence-electron chi connectivity index (χ3n) is 3.21. The van der Waals surface area contributed by atoms with E-state index in [4.69, 9.17) is 11.6 Å². The second-order valence-electron chi connectivity index (χ2n) is 5.36. The fraction of sp³-hybridized carbons (Fsp3) is 0.786. The first-order chi connectivity index (χ1) is 9.04. The first-order valence-electron chi connectivity index (χ1n) is 7.12. The zero-order valence-electron chi connectivity index (χ0n) is 12.6. The number of halogens is 1. The monoisotopic (exact) mass is 286 g/mol. The zero-order valence-corrected chi connectivity index (χ0v) is 13.4. The van der Waals surface area contributed by atoms with Gasteiger partial charge in [0.25, 0.3) is 0 Å². The van der Waals surface area contributed by atoms with Gasteiger partial charge in [-0.15, -0.1) is 0 Å². The van der Waals surface area contributed by atoms with Crippen LogP contribution in [0, 0.1) is 0 Å². The van der Waals surface area contributed by atoms with E-state index in [2.05, 4.69) is 43.3 Å². The van der Waals surface area contributed by atoms with Crippen molar-refractivity contribution in [3.8, 4) is 0 Å². The molecule has 0 amide bonds. The molecule has 1 N–H and O–H groups in total. The van der Waals surface area contributed by atoms with Gasteiger partial charge in [-0.1, -0.05) is 18.5 Å². The summed E-state index contributed by atoms with van der Waals surface area (Å²) in [5.74, 6) is 0. The van der Waals surface area contributed by atoms with Crippen molar-refractivity contribution in [1.29, 1.82) is 0 Å². The molecule has 1 atom stereocenters. The predicted octanol–water partition coefficient (Wildman–Crippen LogP) is 2.42. The second-order valence-corrected chi connectivity index (χ2v) is 5.77. The number of hydrogen-bond donors (Lipinski definition) is 1. The Hall–Kier alpha value is -0.580. The third kappa shape index (κ3) is 5.93. The molecule has 1 rings (SSSR count). The Morgan fingerprint density at radius 1 is 1.47 bits per heavy atom. The number of aromatic nitrogens is 2. The molecule has 0 aliphatic rings. The summed E-state index contributed by atoms with van der Waals surface area (Å²) in [5, 5.41) is 8.66. The van der Waals surface area contributed by atoms with E-state index in [0.29, 0.717) is 6.04 Å². The molecule has 19 heavy (non-hydrogen) atoms. The molecule has 0 radical (unpaired) electrons. The largest absolute Gasteiger partial charge is 0.314 e. The van der Waals surface area contributed by atoms with Gasteiger partial charge in [-0.25, -0.2) is 0 Å². The van der Waals surface area contributed by atoms with E-state index in [0.717, 1.165) is 43.2 Å². The number of likely N-dealkylation sites (N-methyl/N-ethyl adjacent to an activating group) is 1. The molecule has 1 heterocycles. The molecule has 0 fully saturated rings. The molecule has 0 aromatic carbocycles. The summed E-state index contributed by atoms with van der Waals surface area (Å²) < 4.78 is 2.04. The molecule has 1 aromatic rings. The highest BCUT2D eigenvalue weighted by Gasteiger charge is 2.11. The van der Waals surface area contributed by atoms with Gasteiger partial charge in [-0.3, -0.25) is 4.68 Å². The van der Waals surface area contributed by atoms with Crippen LogP contribution in [-0.2, 0) is 13.0 Å². The molecule has 0 aliphatic heterocycles. The summed E-state index contributed by atoms with van der Waals surface area (Å²) in [5.41, 5.74) is 1.16. The summed E-state index contributed by atoms with van der Waals surface area (Å²) in [6.45, 7) is 7.37. The molecule has 110 valence electrons. The van der Waals surface area contributed by atoms with Crippen molar-refractivity contribution in [1.82, 2.24) is 20.0 Å². The lowest BCUT2D eigenvalue weighted by atomic mass is 10.1. The number of rotatable bonds is 9. The van der Waals surface area contributed by atoms with Crippen LogP contribution in [0.3, 0.4) is 0 Å². The Bertz CT molecular complexity index is 362. The Morgan fingerprint density at radius 3 is 2.84 bits per heavy atom. The molecule has 0 bridgehead atoms. The van der Waals surface area contributed by atoms with Crippen molar-refractivity contribution in [3.63, 3.8) is 0 Å². The number of nitrogens with zero attached hydrogens (tertiary/aromatic N) is 3. The van der Waals surface area contributed by atoms with Gasteiger partial charge in [0, 0.05) is 12.6 Å². The Morgan fingerprint density at radius 2 is 2.21 bits per heavy atom. The highest BCUT2D eigenvalue weighted by molar-refractivity contribution is 6.31.